The summed E-state index contributed by atoms with van der Waals surface area (Å²) in [6.07, 6.45) is 1.13. The van der Waals surface area contributed by atoms with Crippen molar-refractivity contribution < 1.29 is 18.4 Å². The number of carbonyl (C=O) groups excluding carboxylic acids is 2. The quantitative estimate of drug-likeness (QED) is 0.790. The molecule has 2 amide bonds. The van der Waals surface area contributed by atoms with Crippen molar-refractivity contribution >= 4 is 17.5 Å². The van der Waals surface area contributed by atoms with Gasteiger partial charge in [0.15, 0.2) is 5.82 Å². The van der Waals surface area contributed by atoms with Gasteiger partial charge in [0.2, 0.25) is 5.91 Å². The van der Waals surface area contributed by atoms with Crippen LogP contribution >= 0.6 is 0 Å². The summed E-state index contributed by atoms with van der Waals surface area (Å²) in [5.41, 5.74) is 9.57. The maximum atomic E-state index is 13.8. The van der Waals surface area contributed by atoms with Gasteiger partial charge in [-0.05, 0) is 25.0 Å². The van der Waals surface area contributed by atoms with Crippen LogP contribution in [-0.2, 0) is 4.79 Å². The molecule has 7 heteroatoms. The Bertz CT molecular complexity index is 563. The standard InChI is InChI=1S/C13H15F2N3O2/c14-8-3-4-9(16)11(15)10(8)13(20)18-5-1-2-7(6-18)12(17)19/h3-4,7H,1-2,5-6,16H2,(H2,17,19). The van der Waals surface area contributed by atoms with E-state index < -0.39 is 34.9 Å². The third kappa shape index (κ3) is 2.56. The van der Waals surface area contributed by atoms with E-state index >= 15 is 0 Å². The molecule has 20 heavy (non-hydrogen) atoms. The summed E-state index contributed by atoms with van der Waals surface area (Å²) in [5, 5.41) is 0. The molecule has 0 saturated carbocycles. The summed E-state index contributed by atoms with van der Waals surface area (Å²) in [6, 6.07) is 2.00. The molecule has 0 spiro atoms. The number of likely N-dealkylation sites (tertiary alicyclic amines) is 1. The molecule has 0 aliphatic carbocycles. The van der Waals surface area contributed by atoms with Gasteiger partial charge in [-0.3, -0.25) is 9.59 Å². The average Bonchev–Trinajstić information content (AvgIpc) is 2.43. The Hall–Kier alpha value is -2.18. The van der Waals surface area contributed by atoms with Crippen LogP contribution in [0.15, 0.2) is 12.1 Å². The molecular formula is C13H15F2N3O2. The fourth-order valence-electron chi connectivity index (χ4n) is 2.32. The van der Waals surface area contributed by atoms with Gasteiger partial charge in [0.25, 0.3) is 5.91 Å². The molecule has 1 unspecified atom stereocenters. The largest absolute Gasteiger partial charge is 0.396 e. The molecule has 1 aliphatic rings. The Kier molecular flexibility index (Phi) is 3.87. The van der Waals surface area contributed by atoms with Crippen LogP contribution in [0.1, 0.15) is 23.2 Å². The summed E-state index contributed by atoms with van der Waals surface area (Å²) in [6.45, 7) is 0.401. The van der Waals surface area contributed by atoms with E-state index in [1.165, 1.54) is 4.90 Å². The lowest BCUT2D eigenvalue weighted by molar-refractivity contribution is -0.123. The zero-order valence-corrected chi connectivity index (χ0v) is 10.7. The zero-order valence-electron chi connectivity index (χ0n) is 10.7. The van der Waals surface area contributed by atoms with Gasteiger partial charge in [-0.2, -0.15) is 0 Å². The van der Waals surface area contributed by atoms with Crippen molar-refractivity contribution in [1.82, 2.24) is 4.90 Å². The van der Waals surface area contributed by atoms with E-state index in [2.05, 4.69) is 0 Å². The molecule has 1 aromatic carbocycles. The van der Waals surface area contributed by atoms with Crippen molar-refractivity contribution in [2.45, 2.75) is 12.8 Å². The highest BCUT2D eigenvalue weighted by molar-refractivity contribution is 5.96. The van der Waals surface area contributed by atoms with Crippen LogP contribution in [0.3, 0.4) is 0 Å². The second-order valence-electron chi connectivity index (χ2n) is 4.82. The minimum atomic E-state index is -1.07. The van der Waals surface area contributed by atoms with Gasteiger partial charge in [0.05, 0.1) is 11.6 Å². The first-order valence-electron chi connectivity index (χ1n) is 6.24. The highest BCUT2D eigenvalue weighted by Gasteiger charge is 2.30. The number of amides is 2. The molecule has 5 nitrogen and oxygen atoms in total. The average molecular weight is 283 g/mol. The predicted octanol–water partition coefficient (Wildman–Crippen LogP) is 0.884. The number of halogens is 2. The fraction of sp³-hybridized carbons (Fsp3) is 0.385. The molecule has 2 rings (SSSR count). The molecule has 1 atom stereocenters. The normalized spacial score (nSPS) is 18.9. The lowest BCUT2D eigenvalue weighted by Crippen LogP contribution is -2.44. The van der Waals surface area contributed by atoms with Crippen molar-refractivity contribution in [2.75, 3.05) is 18.8 Å². The first-order chi connectivity index (χ1) is 9.41. The van der Waals surface area contributed by atoms with Crippen LogP contribution in [0.25, 0.3) is 0 Å². The lowest BCUT2D eigenvalue weighted by atomic mass is 9.96. The summed E-state index contributed by atoms with van der Waals surface area (Å²) in [5.74, 6) is -3.85. The van der Waals surface area contributed by atoms with E-state index in [9.17, 15) is 18.4 Å². The Morgan fingerprint density at radius 3 is 2.65 bits per heavy atom. The summed E-state index contributed by atoms with van der Waals surface area (Å²) >= 11 is 0. The van der Waals surface area contributed by atoms with E-state index in [4.69, 9.17) is 11.5 Å². The number of piperidine rings is 1. The van der Waals surface area contributed by atoms with Crippen molar-refractivity contribution in [3.63, 3.8) is 0 Å². The molecule has 1 heterocycles. The van der Waals surface area contributed by atoms with E-state index in [0.29, 0.717) is 19.4 Å². The number of nitrogens with two attached hydrogens (primary N) is 2. The third-order valence-electron chi connectivity index (χ3n) is 3.45. The SMILES string of the molecule is NC(=O)C1CCCN(C(=O)c2c(F)ccc(N)c2F)C1. The highest BCUT2D eigenvalue weighted by Crippen LogP contribution is 2.23. The number of nitrogens with zero attached hydrogens (tertiary/aromatic N) is 1. The monoisotopic (exact) mass is 283 g/mol. The fourth-order valence-corrected chi connectivity index (χ4v) is 2.32. The van der Waals surface area contributed by atoms with Crippen LogP contribution in [0.5, 0.6) is 0 Å². The van der Waals surface area contributed by atoms with E-state index in [-0.39, 0.29) is 12.2 Å². The predicted molar refractivity (Wildman–Crippen MR) is 68.6 cm³/mol. The number of nitrogen functional groups attached to an aromatic ring is 1. The number of rotatable bonds is 2. The Labute approximate surface area is 114 Å². The number of hydrogen-bond acceptors (Lipinski definition) is 3. The zero-order chi connectivity index (χ0) is 14.9. The van der Waals surface area contributed by atoms with Crippen molar-refractivity contribution in [3.05, 3.63) is 29.3 Å². The van der Waals surface area contributed by atoms with E-state index in [0.717, 1.165) is 12.1 Å². The second-order valence-corrected chi connectivity index (χ2v) is 4.82. The number of hydrogen-bond donors (Lipinski definition) is 2. The Balaban J connectivity index is 2.28. The smallest absolute Gasteiger partial charge is 0.259 e. The third-order valence-corrected chi connectivity index (χ3v) is 3.45. The molecule has 0 aromatic heterocycles. The lowest BCUT2D eigenvalue weighted by Gasteiger charge is -2.31. The Morgan fingerprint density at radius 2 is 2.00 bits per heavy atom. The number of anilines is 1. The summed E-state index contributed by atoms with van der Waals surface area (Å²) < 4.78 is 27.5. The second kappa shape index (κ2) is 5.44. The van der Waals surface area contributed by atoms with Crippen molar-refractivity contribution in [1.29, 1.82) is 0 Å². The van der Waals surface area contributed by atoms with Crippen LogP contribution in [0, 0.1) is 17.6 Å². The maximum absolute atomic E-state index is 13.8. The van der Waals surface area contributed by atoms with Crippen molar-refractivity contribution in [2.24, 2.45) is 11.7 Å². The number of primary amides is 1. The topological polar surface area (TPSA) is 89.4 Å². The molecule has 1 fully saturated rings. The van der Waals surface area contributed by atoms with Gasteiger partial charge in [-0.15, -0.1) is 0 Å². The first-order valence-corrected chi connectivity index (χ1v) is 6.24. The van der Waals surface area contributed by atoms with E-state index in [1.54, 1.807) is 0 Å². The van der Waals surface area contributed by atoms with Crippen LogP contribution < -0.4 is 11.5 Å². The maximum Gasteiger partial charge on any atom is 0.259 e. The molecule has 1 saturated heterocycles. The van der Waals surface area contributed by atoms with Crippen LogP contribution in [-0.4, -0.2) is 29.8 Å². The first kappa shape index (κ1) is 14.2. The summed E-state index contributed by atoms with van der Waals surface area (Å²) in [4.78, 5) is 24.6. The van der Waals surface area contributed by atoms with Gasteiger partial charge in [0.1, 0.15) is 11.4 Å². The van der Waals surface area contributed by atoms with Gasteiger partial charge < -0.3 is 16.4 Å². The van der Waals surface area contributed by atoms with Gasteiger partial charge in [-0.25, -0.2) is 8.78 Å². The minimum Gasteiger partial charge on any atom is -0.396 e. The molecule has 0 radical (unpaired) electrons. The number of benzene rings is 1. The molecule has 0 bridgehead atoms. The molecular weight excluding hydrogens is 268 g/mol. The van der Waals surface area contributed by atoms with Gasteiger partial charge in [-0.1, -0.05) is 0 Å². The highest BCUT2D eigenvalue weighted by atomic mass is 19.1. The van der Waals surface area contributed by atoms with Gasteiger partial charge >= 0.3 is 0 Å². The Morgan fingerprint density at radius 1 is 1.30 bits per heavy atom. The number of carbonyl (C=O) groups is 2. The van der Waals surface area contributed by atoms with E-state index in [1.807, 2.05) is 0 Å². The minimum absolute atomic E-state index is 0.0713. The van der Waals surface area contributed by atoms with Crippen molar-refractivity contribution in [3.8, 4) is 0 Å². The molecule has 4 N–H and O–H groups in total. The van der Waals surface area contributed by atoms with Crippen LogP contribution in [0.4, 0.5) is 14.5 Å². The molecule has 108 valence electrons. The summed E-state index contributed by atoms with van der Waals surface area (Å²) in [7, 11) is 0. The molecule has 1 aromatic rings. The molecule has 1 aliphatic heterocycles. The van der Waals surface area contributed by atoms with Crippen LogP contribution in [0.2, 0.25) is 0 Å². The van der Waals surface area contributed by atoms with Gasteiger partial charge in [0, 0.05) is 13.1 Å².